The van der Waals surface area contributed by atoms with Crippen molar-refractivity contribution in [1.82, 2.24) is 0 Å². The van der Waals surface area contributed by atoms with E-state index < -0.39 is 11.8 Å². The van der Waals surface area contributed by atoms with Crippen LogP contribution in [-0.2, 0) is 11.2 Å². The van der Waals surface area contributed by atoms with E-state index in [0.29, 0.717) is 12.8 Å². The van der Waals surface area contributed by atoms with E-state index in [4.69, 9.17) is 11.6 Å². The van der Waals surface area contributed by atoms with E-state index in [1.54, 1.807) is 12.1 Å². The Morgan fingerprint density at radius 1 is 1.39 bits per heavy atom. The Morgan fingerprint density at radius 3 is 2.83 bits per heavy atom. The lowest BCUT2D eigenvalue weighted by Crippen LogP contribution is -2.28. The van der Waals surface area contributed by atoms with Crippen molar-refractivity contribution in [3.63, 3.8) is 0 Å². The lowest BCUT2D eigenvalue weighted by atomic mass is 9.76. The lowest BCUT2D eigenvalue weighted by Gasteiger charge is -2.28. The Morgan fingerprint density at radius 2 is 2.11 bits per heavy atom. The van der Waals surface area contributed by atoms with Gasteiger partial charge in [-0.15, -0.1) is 0 Å². The zero-order valence-corrected chi connectivity index (χ0v) is 10.8. The highest BCUT2D eigenvalue weighted by atomic mass is 35.5. The maximum Gasteiger partial charge on any atom is 0.306 e. The summed E-state index contributed by atoms with van der Waals surface area (Å²) in [6, 6.07) is 4.72. The van der Waals surface area contributed by atoms with Crippen molar-refractivity contribution in [3.05, 3.63) is 34.6 Å². The number of carboxylic acids is 1. The number of hydrogen-bond acceptors (Lipinski definition) is 1. The Hall–Kier alpha value is -1.09. The van der Waals surface area contributed by atoms with Gasteiger partial charge in [0.15, 0.2) is 0 Å². The first-order valence-corrected chi connectivity index (χ1v) is 6.63. The van der Waals surface area contributed by atoms with E-state index in [0.717, 1.165) is 24.8 Å². The largest absolute Gasteiger partial charge is 0.481 e. The van der Waals surface area contributed by atoms with Crippen LogP contribution in [0.1, 0.15) is 31.2 Å². The van der Waals surface area contributed by atoms with E-state index in [1.165, 1.54) is 6.07 Å². The first-order chi connectivity index (χ1) is 8.59. The summed E-state index contributed by atoms with van der Waals surface area (Å²) in [5.41, 5.74) is 0.717. The average Bonchev–Trinajstić information content (AvgIpc) is 2.35. The third-order valence-electron chi connectivity index (χ3n) is 3.74. The monoisotopic (exact) mass is 270 g/mol. The Balaban J connectivity index is 2.16. The molecule has 0 heterocycles. The molecule has 1 aromatic carbocycles. The first-order valence-electron chi connectivity index (χ1n) is 6.25. The van der Waals surface area contributed by atoms with Gasteiger partial charge < -0.3 is 5.11 Å². The van der Waals surface area contributed by atoms with Gasteiger partial charge in [-0.25, -0.2) is 4.39 Å². The molecule has 1 saturated carbocycles. The summed E-state index contributed by atoms with van der Waals surface area (Å²) < 4.78 is 13.3. The summed E-state index contributed by atoms with van der Waals surface area (Å²) in [7, 11) is 0. The molecule has 0 amide bonds. The summed E-state index contributed by atoms with van der Waals surface area (Å²) in [6.07, 6.45) is 4.15. The highest BCUT2D eigenvalue weighted by Crippen LogP contribution is 2.34. The van der Waals surface area contributed by atoms with Gasteiger partial charge in [0.05, 0.1) is 10.9 Å². The molecule has 0 saturated heterocycles. The topological polar surface area (TPSA) is 37.3 Å². The fraction of sp³-hybridized carbons (Fsp3) is 0.500. The number of carbonyl (C=O) groups is 1. The fourth-order valence-corrected chi connectivity index (χ4v) is 2.97. The molecule has 2 rings (SSSR count). The summed E-state index contributed by atoms with van der Waals surface area (Å²) in [5.74, 6) is -1.43. The summed E-state index contributed by atoms with van der Waals surface area (Å²) in [5, 5.41) is 9.34. The molecular weight excluding hydrogens is 255 g/mol. The molecule has 98 valence electrons. The van der Waals surface area contributed by atoms with Crippen molar-refractivity contribution in [2.45, 2.75) is 32.1 Å². The van der Waals surface area contributed by atoms with Gasteiger partial charge in [0.1, 0.15) is 5.82 Å². The predicted molar refractivity (Wildman–Crippen MR) is 68.2 cm³/mol. The van der Waals surface area contributed by atoms with E-state index in [2.05, 4.69) is 0 Å². The van der Waals surface area contributed by atoms with Gasteiger partial charge in [-0.05, 0) is 36.8 Å². The molecular formula is C14H16ClFO2. The van der Waals surface area contributed by atoms with Crippen LogP contribution < -0.4 is 0 Å². The van der Waals surface area contributed by atoms with Crippen molar-refractivity contribution >= 4 is 17.6 Å². The second-order valence-electron chi connectivity index (χ2n) is 4.91. The maximum atomic E-state index is 13.3. The SMILES string of the molecule is O=C(O)C1CCCCC1Cc1cccc(F)c1Cl. The summed E-state index contributed by atoms with van der Waals surface area (Å²) in [6.45, 7) is 0. The molecule has 2 nitrogen and oxygen atoms in total. The van der Waals surface area contributed by atoms with Crippen LogP contribution in [-0.4, -0.2) is 11.1 Å². The lowest BCUT2D eigenvalue weighted by molar-refractivity contribution is -0.144. The van der Waals surface area contributed by atoms with Crippen LogP contribution in [0, 0.1) is 17.7 Å². The quantitative estimate of drug-likeness (QED) is 0.904. The zero-order valence-electron chi connectivity index (χ0n) is 10.0. The van der Waals surface area contributed by atoms with Crippen molar-refractivity contribution in [2.75, 3.05) is 0 Å². The standard InChI is InChI=1S/C14H16ClFO2/c15-13-10(5-3-7-12(13)16)8-9-4-1-2-6-11(9)14(17)18/h3,5,7,9,11H,1-2,4,6,8H2,(H,17,18). The number of carboxylic acid groups (broad SMARTS) is 1. The molecule has 1 aromatic rings. The van der Waals surface area contributed by atoms with Gasteiger partial charge >= 0.3 is 5.97 Å². The van der Waals surface area contributed by atoms with Crippen molar-refractivity contribution in [3.8, 4) is 0 Å². The smallest absolute Gasteiger partial charge is 0.306 e. The van der Waals surface area contributed by atoms with Crippen LogP contribution in [0.25, 0.3) is 0 Å². The number of benzene rings is 1. The number of aliphatic carboxylic acids is 1. The molecule has 2 unspecified atom stereocenters. The third-order valence-corrected chi connectivity index (χ3v) is 4.16. The first kappa shape index (κ1) is 13.3. The van der Waals surface area contributed by atoms with Gasteiger partial charge in [-0.3, -0.25) is 4.79 Å². The zero-order chi connectivity index (χ0) is 13.1. The maximum absolute atomic E-state index is 13.3. The molecule has 4 heteroatoms. The van der Waals surface area contributed by atoms with Gasteiger partial charge in [0.2, 0.25) is 0 Å². The summed E-state index contributed by atoms with van der Waals surface area (Å²) in [4.78, 5) is 11.2. The van der Waals surface area contributed by atoms with Crippen LogP contribution in [0.4, 0.5) is 4.39 Å². The second-order valence-corrected chi connectivity index (χ2v) is 5.28. The van der Waals surface area contributed by atoms with Crippen LogP contribution in [0.15, 0.2) is 18.2 Å². The van der Waals surface area contributed by atoms with Gasteiger partial charge in [0, 0.05) is 0 Å². The normalized spacial score (nSPS) is 23.9. The van der Waals surface area contributed by atoms with E-state index in [-0.39, 0.29) is 16.9 Å². The Labute approximate surface area is 111 Å². The second kappa shape index (κ2) is 5.70. The highest BCUT2D eigenvalue weighted by molar-refractivity contribution is 6.31. The Kier molecular flexibility index (Phi) is 4.23. The van der Waals surface area contributed by atoms with Crippen LogP contribution in [0.5, 0.6) is 0 Å². The minimum Gasteiger partial charge on any atom is -0.481 e. The average molecular weight is 271 g/mol. The van der Waals surface area contributed by atoms with E-state index in [9.17, 15) is 14.3 Å². The molecule has 1 fully saturated rings. The number of halogens is 2. The van der Waals surface area contributed by atoms with Crippen LogP contribution in [0.2, 0.25) is 5.02 Å². The van der Waals surface area contributed by atoms with Crippen molar-refractivity contribution < 1.29 is 14.3 Å². The van der Waals surface area contributed by atoms with Crippen molar-refractivity contribution in [2.24, 2.45) is 11.8 Å². The highest BCUT2D eigenvalue weighted by Gasteiger charge is 2.31. The van der Waals surface area contributed by atoms with Crippen LogP contribution in [0.3, 0.4) is 0 Å². The van der Waals surface area contributed by atoms with Crippen molar-refractivity contribution in [1.29, 1.82) is 0 Å². The predicted octanol–water partition coefficient (Wildman–Crippen LogP) is 3.91. The molecule has 0 bridgehead atoms. The Bertz CT molecular complexity index is 447. The van der Waals surface area contributed by atoms with E-state index in [1.807, 2.05) is 0 Å². The minimum atomic E-state index is -0.743. The number of rotatable bonds is 3. The minimum absolute atomic E-state index is 0.0653. The molecule has 2 atom stereocenters. The molecule has 0 aromatic heterocycles. The molecule has 1 aliphatic rings. The number of hydrogen-bond donors (Lipinski definition) is 1. The van der Waals surface area contributed by atoms with Gasteiger partial charge in [-0.2, -0.15) is 0 Å². The van der Waals surface area contributed by atoms with Gasteiger partial charge in [0.25, 0.3) is 0 Å². The van der Waals surface area contributed by atoms with Gasteiger partial charge in [-0.1, -0.05) is 36.6 Å². The molecule has 18 heavy (non-hydrogen) atoms. The molecule has 0 aliphatic heterocycles. The van der Waals surface area contributed by atoms with E-state index >= 15 is 0 Å². The molecule has 0 radical (unpaired) electrons. The molecule has 1 aliphatic carbocycles. The summed E-state index contributed by atoms with van der Waals surface area (Å²) >= 11 is 5.92. The van der Waals surface area contributed by atoms with Crippen LogP contribution >= 0.6 is 11.6 Å². The third kappa shape index (κ3) is 2.83. The fourth-order valence-electron chi connectivity index (χ4n) is 2.77. The molecule has 1 N–H and O–H groups in total. The molecule has 0 spiro atoms.